The lowest BCUT2D eigenvalue weighted by molar-refractivity contribution is -0.118. The molecule has 0 unspecified atom stereocenters. The summed E-state index contributed by atoms with van der Waals surface area (Å²) in [6.07, 6.45) is 0. The maximum atomic E-state index is 12.5. The number of para-hydroxylation sites is 1. The van der Waals surface area contributed by atoms with E-state index in [4.69, 9.17) is 18.7 Å². The van der Waals surface area contributed by atoms with E-state index in [2.05, 4.69) is 15.5 Å². The van der Waals surface area contributed by atoms with Gasteiger partial charge in [0.15, 0.2) is 18.1 Å². The van der Waals surface area contributed by atoms with Crippen LogP contribution in [0.1, 0.15) is 5.56 Å². The van der Waals surface area contributed by atoms with Crippen LogP contribution in [0.4, 0.5) is 5.69 Å². The fourth-order valence-electron chi connectivity index (χ4n) is 3.24. The molecule has 8 heteroatoms. The van der Waals surface area contributed by atoms with Crippen molar-refractivity contribution in [3.8, 4) is 40.1 Å². The zero-order valence-electron chi connectivity index (χ0n) is 18.5. The van der Waals surface area contributed by atoms with Crippen LogP contribution in [-0.4, -0.2) is 36.9 Å². The highest BCUT2D eigenvalue weighted by Gasteiger charge is 2.17. The van der Waals surface area contributed by atoms with Gasteiger partial charge in [0.05, 0.1) is 25.5 Å². The van der Waals surface area contributed by atoms with Crippen LogP contribution < -0.4 is 19.5 Å². The molecular weight excluding hydrogens is 422 g/mol. The molecule has 0 spiro atoms. The minimum absolute atomic E-state index is 0.126. The largest absolute Gasteiger partial charge is 0.493 e. The second-order valence-corrected chi connectivity index (χ2v) is 7.19. The Morgan fingerprint density at radius 2 is 1.79 bits per heavy atom. The molecule has 1 N–H and O–H groups in total. The summed E-state index contributed by atoms with van der Waals surface area (Å²) >= 11 is 0. The van der Waals surface area contributed by atoms with Gasteiger partial charge in [0.1, 0.15) is 5.75 Å². The SMILES string of the molecule is COc1ccc(-c2noc(-c3ccccc3NC(=O)COc3cccc(C)c3)n2)cc1OC. The topological polar surface area (TPSA) is 95.7 Å². The van der Waals surface area contributed by atoms with E-state index in [0.29, 0.717) is 39.9 Å². The molecule has 1 heterocycles. The zero-order chi connectivity index (χ0) is 23.2. The van der Waals surface area contributed by atoms with Crippen molar-refractivity contribution in [1.82, 2.24) is 10.1 Å². The highest BCUT2D eigenvalue weighted by Crippen LogP contribution is 2.33. The van der Waals surface area contributed by atoms with Gasteiger partial charge in [-0.15, -0.1) is 0 Å². The fraction of sp³-hybridized carbons (Fsp3) is 0.160. The lowest BCUT2D eigenvalue weighted by Gasteiger charge is -2.10. The Morgan fingerprint density at radius 1 is 0.970 bits per heavy atom. The molecule has 0 aliphatic rings. The Morgan fingerprint density at radius 3 is 2.58 bits per heavy atom. The summed E-state index contributed by atoms with van der Waals surface area (Å²) in [4.78, 5) is 17.0. The Bertz CT molecular complexity index is 1270. The monoisotopic (exact) mass is 445 g/mol. The van der Waals surface area contributed by atoms with Crippen molar-refractivity contribution in [1.29, 1.82) is 0 Å². The Hall–Kier alpha value is -4.33. The molecule has 0 aliphatic heterocycles. The van der Waals surface area contributed by atoms with Gasteiger partial charge >= 0.3 is 0 Å². The molecule has 0 saturated heterocycles. The molecule has 0 aliphatic carbocycles. The maximum Gasteiger partial charge on any atom is 0.262 e. The molecule has 4 aromatic rings. The normalized spacial score (nSPS) is 10.5. The number of amides is 1. The third kappa shape index (κ3) is 5.12. The molecule has 4 rings (SSSR count). The third-order valence-corrected chi connectivity index (χ3v) is 4.86. The van der Waals surface area contributed by atoms with Gasteiger partial charge in [-0.3, -0.25) is 4.79 Å². The first-order valence-electron chi connectivity index (χ1n) is 10.2. The van der Waals surface area contributed by atoms with E-state index in [-0.39, 0.29) is 18.4 Å². The van der Waals surface area contributed by atoms with Crippen LogP contribution in [0.2, 0.25) is 0 Å². The standard InChI is InChI=1S/C25H23N3O5/c1-16-7-6-8-18(13-16)32-15-23(29)26-20-10-5-4-9-19(20)25-27-24(28-33-25)17-11-12-21(30-2)22(14-17)31-3/h4-14H,15H2,1-3H3,(H,26,29). The van der Waals surface area contributed by atoms with Crippen LogP contribution >= 0.6 is 0 Å². The number of ether oxygens (including phenoxy) is 3. The van der Waals surface area contributed by atoms with Crippen molar-refractivity contribution >= 4 is 11.6 Å². The fourth-order valence-corrected chi connectivity index (χ4v) is 3.24. The number of nitrogens with one attached hydrogen (secondary N) is 1. The second kappa shape index (κ2) is 9.86. The Labute approximate surface area is 191 Å². The third-order valence-electron chi connectivity index (χ3n) is 4.86. The minimum atomic E-state index is -0.302. The van der Waals surface area contributed by atoms with E-state index in [0.717, 1.165) is 5.56 Å². The highest BCUT2D eigenvalue weighted by atomic mass is 16.5. The lowest BCUT2D eigenvalue weighted by Crippen LogP contribution is -2.20. The summed E-state index contributed by atoms with van der Waals surface area (Å²) in [6.45, 7) is 1.84. The van der Waals surface area contributed by atoms with Crippen molar-refractivity contribution in [3.05, 3.63) is 72.3 Å². The molecule has 1 aromatic heterocycles. The van der Waals surface area contributed by atoms with Gasteiger partial charge < -0.3 is 24.1 Å². The first-order valence-corrected chi connectivity index (χ1v) is 10.2. The van der Waals surface area contributed by atoms with Crippen molar-refractivity contribution < 1.29 is 23.5 Å². The maximum absolute atomic E-state index is 12.5. The van der Waals surface area contributed by atoms with Crippen molar-refractivity contribution in [2.75, 3.05) is 26.1 Å². The first-order chi connectivity index (χ1) is 16.1. The molecule has 33 heavy (non-hydrogen) atoms. The molecule has 0 saturated carbocycles. The number of benzene rings is 3. The van der Waals surface area contributed by atoms with Crippen LogP contribution in [0.5, 0.6) is 17.2 Å². The number of anilines is 1. The number of nitrogens with zero attached hydrogens (tertiary/aromatic N) is 2. The van der Waals surface area contributed by atoms with E-state index >= 15 is 0 Å². The summed E-state index contributed by atoms with van der Waals surface area (Å²) in [7, 11) is 3.13. The number of carbonyl (C=O) groups is 1. The molecule has 0 fully saturated rings. The van der Waals surface area contributed by atoms with Crippen LogP contribution in [0.25, 0.3) is 22.8 Å². The van der Waals surface area contributed by atoms with Gasteiger partial charge in [-0.2, -0.15) is 4.98 Å². The predicted molar refractivity (Wildman–Crippen MR) is 124 cm³/mol. The number of hydrogen-bond donors (Lipinski definition) is 1. The molecular formula is C25H23N3O5. The molecule has 168 valence electrons. The number of hydrogen-bond acceptors (Lipinski definition) is 7. The van der Waals surface area contributed by atoms with Crippen LogP contribution in [0, 0.1) is 6.92 Å². The Kier molecular flexibility index (Phi) is 6.54. The van der Waals surface area contributed by atoms with E-state index in [1.165, 1.54) is 0 Å². The number of carbonyl (C=O) groups excluding carboxylic acids is 1. The molecule has 8 nitrogen and oxygen atoms in total. The molecule has 0 atom stereocenters. The molecule has 3 aromatic carbocycles. The number of aromatic nitrogens is 2. The van der Waals surface area contributed by atoms with E-state index in [1.807, 2.05) is 49.4 Å². The summed E-state index contributed by atoms with van der Waals surface area (Å²) in [6, 6.07) is 20.1. The number of methoxy groups -OCH3 is 2. The number of aryl methyl sites for hydroxylation is 1. The van der Waals surface area contributed by atoms with Crippen molar-refractivity contribution in [3.63, 3.8) is 0 Å². The quantitative estimate of drug-likeness (QED) is 0.418. The van der Waals surface area contributed by atoms with Gasteiger partial charge in [0, 0.05) is 5.56 Å². The molecule has 0 radical (unpaired) electrons. The predicted octanol–water partition coefficient (Wildman–Crippen LogP) is 4.75. The van der Waals surface area contributed by atoms with Gasteiger partial charge in [0.2, 0.25) is 5.82 Å². The van der Waals surface area contributed by atoms with Crippen molar-refractivity contribution in [2.24, 2.45) is 0 Å². The van der Waals surface area contributed by atoms with E-state index < -0.39 is 0 Å². The second-order valence-electron chi connectivity index (χ2n) is 7.19. The summed E-state index contributed by atoms with van der Waals surface area (Å²) in [5, 5.41) is 6.93. The summed E-state index contributed by atoms with van der Waals surface area (Å²) < 4.78 is 21.7. The van der Waals surface area contributed by atoms with Crippen LogP contribution in [0.3, 0.4) is 0 Å². The van der Waals surface area contributed by atoms with Gasteiger partial charge in [-0.25, -0.2) is 0 Å². The average Bonchev–Trinajstić information content (AvgIpc) is 3.33. The minimum Gasteiger partial charge on any atom is -0.493 e. The highest BCUT2D eigenvalue weighted by molar-refractivity contribution is 5.95. The van der Waals surface area contributed by atoms with Crippen LogP contribution in [0.15, 0.2) is 71.3 Å². The Balaban J connectivity index is 1.51. The van der Waals surface area contributed by atoms with Gasteiger partial charge in [-0.1, -0.05) is 29.4 Å². The van der Waals surface area contributed by atoms with E-state index in [9.17, 15) is 4.79 Å². The first kappa shape index (κ1) is 21.9. The van der Waals surface area contributed by atoms with Gasteiger partial charge in [-0.05, 0) is 55.0 Å². The van der Waals surface area contributed by atoms with E-state index in [1.54, 1.807) is 38.5 Å². The number of rotatable bonds is 8. The zero-order valence-corrected chi connectivity index (χ0v) is 18.5. The summed E-state index contributed by atoms with van der Waals surface area (Å²) in [5.74, 6) is 2.15. The smallest absolute Gasteiger partial charge is 0.262 e. The molecule has 0 bridgehead atoms. The molecule has 1 amide bonds. The lowest BCUT2D eigenvalue weighted by atomic mass is 10.1. The van der Waals surface area contributed by atoms with Crippen LogP contribution in [-0.2, 0) is 4.79 Å². The summed E-state index contributed by atoms with van der Waals surface area (Å²) in [5.41, 5.74) is 2.90. The van der Waals surface area contributed by atoms with Gasteiger partial charge in [0.25, 0.3) is 11.8 Å². The van der Waals surface area contributed by atoms with Crippen molar-refractivity contribution in [2.45, 2.75) is 6.92 Å². The average molecular weight is 445 g/mol.